The summed E-state index contributed by atoms with van der Waals surface area (Å²) in [4.78, 5) is 32.3. The smallest absolute Gasteiger partial charge is 0.246 e. The molecule has 10 rings (SSSR count). The molecule has 2 aliphatic heterocycles. The van der Waals surface area contributed by atoms with Crippen LogP contribution in [0.25, 0.3) is 22.5 Å². The van der Waals surface area contributed by atoms with E-state index >= 15 is 0 Å². The van der Waals surface area contributed by atoms with Crippen molar-refractivity contribution in [3.05, 3.63) is 168 Å². The molecule has 0 bridgehead atoms. The zero-order valence-electron chi connectivity index (χ0n) is 48.8. The molecule has 10 nitrogen and oxygen atoms in total. The molecule has 4 fully saturated rings. The summed E-state index contributed by atoms with van der Waals surface area (Å²) in [5.41, 5.74) is 9.33. The Labute approximate surface area is 488 Å². The number of aryl methyl sites for hydroxylation is 2. The van der Waals surface area contributed by atoms with Crippen LogP contribution in [-0.4, -0.2) is 78.2 Å². The number of hydrogen-bond donors (Lipinski definition) is 4. The van der Waals surface area contributed by atoms with Crippen molar-refractivity contribution < 1.29 is 9.59 Å². The van der Waals surface area contributed by atoms with Gasteiger partial charge in [0.15, 0.2) is 10.2 Å². The van der Waals surface area contributed by atoms with Gasteiger partial charge in [-0.25, -0.2) is 0 Å². The van der Waals surface area contributed by atoms with Crippen LogP contribution in [0.3, 0.4) is 0 Å². The molecule has 6 aromatic rings. The average molecular weight is 1110 g/mol. The minimum Gasteiger partial charge on any atom is -0.358 e. The molecule has 12 heteroatoms. The van der Waals surface area contributed by atoms with Gasteiger partial charge in [0.2, 0.25) is 11.8 Å². The predicted molar refractivity (Wildman–Crippen MR) is 336 cm³/mol. The Kier molecular flexibility index (Phi) is 19.1. The van der Waals surface area contributed by atoms with E-state index < -0.39 is 12.1 Å². The normalized spacial score (nSPS) is 22.1. The number of carbonyl (C=O) groups excluding carboxylic acids is 2. The summed E-state index contributed by atoms with van der Waals surface area (Å²) in [5, 5.41) is 15.5. The highest BCUT2D eigenvalue weighted by atomic mass is 32.1. The molecule has 2 saturated carbocycles. The van der Waals surface area contributed by atoms with E-state index in [1.54, 1.807) is 0 Å². The number of amides is 2. The van der Waals surface area contributed by atoms with Crippen LogP contribution in [0.5, 0.6) is 0 Å². The van der Waals surface area contributed by atoms with Crippen LogP contribution < -0.4 is 21.3 Å². The highest BCUT2D eigenvalue weighted by Gasteiger charge is 2.42. The van der Waals surface area contributed by atoms with Gasteiger partial charge in [0, 0.05) is 47.9 Å². The van der Waals surface area contributed by atoms with Crippen LogP contribution in [0.4, 0.5) is 0 Å². The van der Waals surface area contributed by atoms with Gasteiger partial charge in [0.05, 0.1) is 24.2 Å². The lowest BCUT2D eigenvalue weighted by atomic mass is 9.85. The standard InChI is InChI=1S/2C34H44N4OS/c2*1-24-21-22-29(26-16-9-6-10-17-26)38(24)30-19-12-11-18-27(30)35-33(40)36-31(34(2,3)4)32(39)37-23-13-20-28(37)25-14-7-5-8-15-25/h2*5-10,14-17,21-22,27-28,30-31H,11-13,18-20,23H2,1-4H3,(H2,35,36,40)/t2*27-,28-,30-,31-/m11/s1. The second kappa shape index (κ2) is 26.1. The quantitative estimate of drug-likeness (QED) is 0.0900. The minimum absolute atomic E-state index is 0.123. The van der Waals surface area contributed by atoms with Crippen LogP contribution in [-0.2, 0) is 9.59 Å². The van der Waals surface area contributed by atoms with E-state index in [4.69, 9.17) is 24.4 Å². The topological polar surface area (TPSA) is 98.6 Å². The monoisotopic (exact) mass is 1110 g/mol. The number of likely N-dealkylation sites (tertiary alicyclic amines) is 2. The van der Waals surface area contributed by atoms with Crippen molar-refractivity contribution in [2.75, 3.05) is 13.1 Å². The first-order valence-corrected chi connectivity index (χ1v) is 30.6. The van der Waals surface area contributed by atoms with Crippen LogP contribution in [0.1, 0.15) is 165 Å². The number of rotatable bonds is 12. The first kappa shape index (κ1) is 58.4. The maximum Gasteiger partial charge on any atom is 0.246 e. The number of nitrogens with zero attached hydrogens (tertiary/aromatic N) is 4. The molecule has 0 radical (unpaired) electrons. The fraction of sp³-hybridized carbons (Fsp3) is 0.471. The maximum atomic E-state index is 14.1. The lowest BCUT2D eigenvalue weighted by molar-refractivity contribution is -0.137. The Morgan fingerprint density at radius 3 is 1.14 bits per heavy atom. The average Bonchev–Trinajstić information content (AvgIpc) is 4.31. The van der Waals surface area contributed by atoms with Crippen molar-refractivity contribution in [3.63, 3.8) is 0 Å². The van der Waals surface area contributed by atoms with E-state index in [9.17, 15) is 9.59 Å². The van der Waals surface area contributed by atoms with Gasteiger partial charge in [-0.3, -0.25) is 9.59 Å². The van der Waals surface area contributed by atoms with Crippen molar-refractivity contribution in [3.8, 4) is 22.5 Å². The third kappa shape index (κ3) is 13.7. The van der Waals surface area contributed by atoms with Gasteiger partial charge in [-0.2, -0.15) is 0 Å². The number of nitrogens with one attached hydrogen (secondary N) is 4. The summed E-state index contributed by atoms with van der Waals surface area (Å²) in [6.45, 7) is 18.7. The maximum absolute atomic E-state index is 14.1. The highest BCUT2D eigenvalue weighted by Crippen LogP contribution is 2.39. The summed E-state index contributed by atoms with van der Waals surface area (Å²) < 4.78 is 4.99. The van der Waals surface area contributed by atoms with Crippen LogP contribution >= 0.6 is 24.4 Å². The van der Waals surface area contributed by atoms with E-state index in [0.29, 0.717) is 22.3 Å². The molecule has 80 heavy (non-hydrogen) atoms. The van der Waals surface area contributed by atoms with Crippen LogP contribution in [0, 0.1) is 24.7 Å². The van der Waals surface area contributed by atoms with Gasteiger partial charge in [-0.15, -0.1) is 0 Å². The van der Waals surface area contributed by atoms with E-state index in [0.717, 1.165) is 64.5 Å². The SMILES string of the molecule is Cc1ccc(-c2ccccc2)n1[C@@H]1CCCC[C@H]1NC(=S)N[C@H](C(=O)N1CCC[C@@H]1c1ccccc1)C(C)(C)C.Cc1ccc(-c2ccccc2)n1[C@@H]1CCCC[C@H]1NC(=S)N[C@H](C(=O)N1CCC[C@@H]1c1ccccc1)C(C)(C)C. The Morgan fingerprint density at radius 1 is 0.450 bits per heavy atom. The molecule has 4 aliphatic rings. The van der Waals surface area contributed by atoms with Gasteiger partial charge in [-0.1, -0.05) is 189 Å². The van der Waals surface area contributed by atoms with Crippen LogP contribution in [0.2, 0.25) is 0 Å². The highest BCUT2D eigenvalue weighted by molar-refractivity contribution is 7.80. The van der Waals surface area contributed by atoms with Gasteiger partial charge in [-0.05, 0) is 147 Å². The molecular weight excluding hydrogens is 1020 g/mol. The fourth-order valence-corrected chi connectivity index (χ4v) is 13.8. The number of hydrogen-bond acceptors (Lipinski definition) is 4. The van der Waals surface area contributed by atoms with E-state index in [-0.39, 0.29) is 46.8 Å². The molecule has 4 aromatic carbocycles. The Morgan fingerprint density at radius 2 is 0.787 bits per heavy atom. The first-order chi connectivity index (χ1) is 38.5. The summed E-state index contributed by atoms with van der Waals surface area (Å²) >= 11 is 11.9. The lowest BCUT2D eigenvalue weighted by Crippen LogP contribution is -2.58. The number of thiocarbonyl (C=S) groups is 2. The molecule has 2 aliphatic carbocycles. The Balaban J connectivity index is 0.000000194. The molecular formula is C68H88N8O2S2. The third-order valence-corrected chi connectivity index (χ3v) is 17.8. The third-order valence-electron chi connectivity index (χ3n) is 17.4. The van der Waals surface area contributed by atoms with E-state index in [1.165, 1.54) is 70.7 Å². The van der Waals surface area contributed by atoms with E-state index in [2.05, 4.69) is 229 Å². The molecule has 8 atom stereocenters. The van der Waals surface area contributed by atoms with Crippen molar-refractivity contribution >= 4 is 46.5 Å². The van der Waals surface area contributed by atoms with Crippen molar-refractivity contribution in [1.82, 2.24) is 40.2 Å². The molecule has 0 unspecified atom stereocenters. The summed E-state index contributed by atoms with van der Waals surface area (Å²) in [5.74, 6) is 0.270. The predicted octanol–water partition coefficient (Wildman–Crippen LogP) is 14.4. The lowest BCUT2D eigenvalue weighted by Gasteiger charge is -2.39. The largest absolute Gasteiger partial charge is 0.358 e. The van der Waals surface area contributed by atoms with Gasteiger partial charge in [0.1, 0.15) is 12.1 Å². The molecule has 0 spiro atoms. The summed E-state index contributed by atoms with van der Waals surface area (Å²) in [6, 6.07) is 51.4. The summed E-state index contributed by atoms with van der Waals surface area (Å²) in [6.07, 6.45) is 13.1. The van der Waals surface area contributed by atoms with Gasteiger partial charge >= 0.3 is 0 Å². The van der Waals surface area contributed by atoms with Crippen molar-refractivity contribution in [2.24, 2.45) is 10.8 Å². The first-order valence-electron chi connectivity index (χ1n) is 29.8. The molecule has 4 heterocycles. The Bertz CT molecular complexity index is 2800. The minimum atomic E-state index is -0.410. The number of carbonyl (C=O) groups is 2. The Hall–Kier alpha value is -6.24. The van der Waals surface area contributed by atoms with Crippen molar-refractivity contribution in [2.45, 2.75) is 181 Å². The van der Waals surface area contributed by atoms with Crippen LogP contribution in [0.15, 0.2) is 146 Å². The molecule has 424 valence electrons. The summed E-state index contributed by atoms with van der Waals surface area (Å²) in [7, 11) is 0. The molecule has 2 amide bonds. The second-order valence-corrected chi connectivity index (χ2v) is 26.0. The van der Waals surface area contributed by atoms with Gasteiger partial charge in [0.25, 0.3) is 0 Å². The van der Waals surface area contributed by atoms with E-state index in [1.807, 2.05) is 12.1 Å². The van der Waals surface area contributed by atoms with Gasteiger partial charge < -0.3 is 40.2 Å². The van der Waals surface area contributed by atoms with Crippen molar-refractivity contribution in [1.29, 1.82) is 0 Å². The molecule has 2 aromatic heterocycles. The zero-order valence-corrected chi connectivity index (χ0v) is 50.4. The zero-order chi connectivity index (χ0) is 56.6. The fourth-order valence-electron chi connectivity index (χ4n) is 13.3. The second-order valence-electron chi connectivity index (χ2n) is 25.1. The number of benzene rings is 4. The molecule has 4 N–H and O–H groups in total. The number of aromatic nitrogens is 2. The molecule has 2 saturated heterocycles.